The van der Waals surface area contributed by atoms with Gasteiger partial charge in [0.25, 0.3) is 0 Å². The zero-order valence-corrected chi connectivity index (χ0v) is 18.1. The molecule has 150 valence electrons. The lowest BCUT2D eigenvalue weighted by atomic mass is 9.99. The molecule has 0 unspecified atom stereocenters. The van der Waals surface area contributed by atoms with Gasteiger partial charge in [-0.05, 0) is 55.9 Å². The summed E-state index contributed by atoms with van der Waals surface area (Å²) in [5, 5.41) is 3.12. The van der Waals surface area contributed by atoms with E-state index in [-0.39, 0.29) is 11.9 Å². The van der Waals surface area contributed by atoms with Gasteiger partial charge in [-0.3, -0.25) is 4.79 Å². The first-order valence-corrected chi connectivity index (χ1v) is 11.4. The van der Waals surface area contributed by atoms with Crippen LogP contribution in [0, 0.1) is 12.8 Å². The SMILES string of the molecule is Cc1ccc(CSCC(=O)N[C@@H](C)c2ccc(N3CCC[C@H](C)C3)cc2)cc1. The van der Waals surface area contributed by atoms with Gasteiger partial charge in [0.05, 0.1) is 11.8 Å². The molecule has 1 saturated heterocycles. The van der Waals surface area contributed by atoms with Crippen molar-refractivity contribution < 1.29 is 4.79 Å². The number of amides is 1. The van der Waals surface area contributed by atoms with Crippen molar-refractivity contribution in [3.63, 3.8) is 0 Å². The molecule has 1 fully saturated rings. The van der Waals surface area contributed by atoms with Gasteiger partial charge in [-0.2, -0.15) is 0 Å². The summed E-state index contributed by atoms with van der Waals surface area (Å²) >= 11 is 1.66. The number of nitrogens with zero attached hydrogens (tertiary/aromatic N) is 1. The summed E-state index contributed by atoms with van der Waals surface area (Å²) in [6.45, 7) is 8.76. The lowest BCUT2D eigenvalue weighted by Crippen LogP contribution is -2.34. The highest BCUT2D eigenvalue weighted by Gasteiger charge is 2.17. The van der Waals surface area contributed by atoms with Gasteiger partial charge in [0.1, 0.15) is 0 Å². The van der Waals surface area contributed by atoms with E-state index in [1.165, 1.54) is 29.7 Å². The van der Waals surface area contributed by atoms with Gasteiger partial charge in [0.15, 0.2) is 0 Å². The van der Waals surface area contributed by atoms with Gasteiger partial charge in [-0.15, -0.1) is 11.8 Å². The van der Waals surface area contributed by atoms with Crippen LogP contribution >= 0.6 is 11.8 Å². The average Bonchev–Trinajstić information content (AvgIpc) is 2.69. The maximum Gasteiger partial charge on any atom is 0.230 e. The van der Waals surface area contributed by atoms with Crippen molar-refractivity contribution in [2.75, 3.05) is 23.7 Å². The van der Waals surface area contributed by atoms with Crippen LogP contribution in [0.1, 0.15) is 49.4 Å². The molecule has 0 aliphatic carbocycles. The van der Waals surface area contributed by atoms with E-state index in [9.17, 15) is 4.79 Å². The molecular formula is C24H32N2OS. The molecule has 4 heteroatoms. The summed E-state index contributed by atoms with van der Waals surface area (Å²) in [6.07, 6.45) is 2.61. The van der Waals surface area contributed by atoms with E-state index in [4.69, 9.17) is 0 Å². The van der Waals surface area contributed by atoms with Gasteiger partial charge < -0.3 is 10.2 Å². The van der Waals surface area contributed by atoms with Crippen molar-refractivity contribution >= 4 is 23.4 Å². The lowest BCUT2D eigenvalue weighted by Gasteiger charge is -2.33. The largest absolute Gasteiger partial charge is 0.371 e. The predicted molar refractivity (Wildman–Crippen MR) is 121 cm³/mol. The number of piperidine rings is 1. The Balaban J connectivity index is 1.45. The van der Waals surface area contributed by atoms with Gasteiger partial charge in [-0.1, -0.05) is 48.9 Å². The summed E-state index contributed by atoms with van der Waals surface area (Å²) < 4.78 is 0. The lowest BCUT2D eigenvalue weighted by molar-refractivity contribution is -0.119. The number of hydrogen-bond acceptors (Lipinski definition) is 3. The van der Waals surface area contributed by atoms with Crippen LogP contribution in [0.15, 0.2) is 48.5 Å². The first-order valence-electron chi connectivity index (χ1n) is 10.3. The predicted octanol–water partition coefficient (Wildman–Crippen LogP) is 5.34. The molecule has 1 amide bonds. The highest BCUT2D eigenvalue weighted by molar-refractivity contribution is 7.99. The highest BCUT2D eigenvalue weighted by atomic mass is 32.2. The molecule has 0 spiro atoms. The Morgan fingerprint density at radius 3 is 2.57 bits per heavy atom. The first-order chi connectivity index (χ1) is 13.5. The van der Waals surface area contributed by atoms with E-state index in [2.05, 4.69) is 79.5 Å². The molecule has 0 saturated carbocycles. The van der Waals surface area contributed by atoms with Gasteiger partial charge in [-0.25, -0.2) is 0 Å². The Morgan fingerprint density at radius 2 is 1.89 bits per heavy atom. The molecule has 0 aromatic heterocycles. The van der Waals surface area contributed by atoms with Gasteiger partial charge in [0, 0.05) is 24.5 Å². The van der Waals surface area contributed by atoms with Crippen molar-refractivity contribution in [1.29, 1.82) is 0 Å². The van der Waals surface area contributed by atoms with Crippen molar-refractivity contribution in [1.82, 2.24) is 5.32 Å². The molecule has 2 aromatic carbocycles. The van der Waals surface area contributed by atoms with E-state index in [1.807, 2.05) is 0 Å². The van der Waals surface area contributed by atoms with E-state index in [0.717, 1.165) is 30.3 Å². The minimum atomic E-state index is 0.0294. The topological polar surface area (TPSA) is 32.3 Å². The fraction of sp³-hybridized carbons (Fsp3) is 0.458. The van der Waals surface area contributed by atoms with Crippen molar-refractivity contribution in [2.24, 2.45) is 5.92 Å². The number of hydrogen-bond donors (Lipinski definition) is 1. The van der Waals surface area contributed by atoms with Gasteiger partial charge in [0.2, 0.25) is 5.91 Å². The molecule has 2 atom stereocenters. The molecule has 3 rings (SSSR count). The number of aryl methyl sites for hydroxylation is 1. The second-order valence-corrected chi connectivity index (χ2v) is 9.04. The molecule has 2 aromatic rings. The van der Waals surface area contributed by atoms with E-state index < -0.39 is 0 Å². The summed E-state index contributed by atoms with van der Waals surface area (Å²) in [4.78, 5) is 14.8. The number of thioether (sulfide) groups is 1. The third-order valence-electron chi connectivity index (χ3n) is 5.42. The molecule has 28 heavy (non-hydrogen) atoms. The molecule has 0 radical (unpaired) electrons. The highest BCUT2D eigenvalue weighted by Crippen LogP contribution is 2.24. The second-order valence-electron chi connectivity index (χ2n) is 8.05. The molecule has 1 heterocycles. The maximum absolute atomic E-state index is 12.3. The summed E-state index contributed by atoms with van der Waals surface area (Å²) in [5.74, 6) is 2.22. The Bertz CT molecular complexity index is 757. The van der Waals surface area contributed by atoms with Crippen molar-refractivity contribution in [2.45, 2.75) is 45.4 Å². The quantitative estimate of drug-likeness (QED) is 0.685. The standard InChI is InChI=1S/C24H32N2OS/c1-18-6-8-21(9-7-18)16-28-17-24(27)25-20(3)22-10-12-23(13-11-22)26-14-4-5-19(2)15-26/h6-13,19-20H,4-5,14-17H2,1-3H3,(H,25,27)/t19-,20-/m0/s1. The Hall–Kier alpha value is -1.94. The fourth-order valence-corrected chi connectivity index (χ4v) is 4.51. The monoisotopic (exact) mass is 396 g/mol. The number of anilines is 1. The third kappa shape index (κ3) is 6.03. The normalized spacial score (nSPS) is 18.0. The van der Waals surface area contributed by atoms with Crippen molar-refractivity contribution in [3.8, 4) is 0 Å². The van der Waals surface area contributed by atoms with Crippen LogP contribution in [-0.2, 0) is 10.5 Å². The van der Waals surface area contributed by atoms with E-state index in [0.29, 0.717) is 5.75 Å². The Kier molecular flexibility index (Phi) is 7.43. The fourth-order valence-electron chi connectivity index (χ4n) is 3.71. The first kappa shape index (κ1) is 20.8. The minimum Gasteiger partial charge on any atom is -0.371 e. The Labute approximate surface area is 173 Å². The summed E-state index contributed by atoms with van der Waals surface area (Å²) in [5.41, 5.74) is 4.98. The van der Waals surface area contributed by atoms with E-state index >= 15 is 0 Å². The number of carbonyl (C=O) groups is 1. The zero-order chi connectivity index (χ0) is 19.9. The van der Waals surface area contributed by atoms with Crippen LogP contribution in [0.3, 0.4) is 0 Å². The number of rotatable bonds is 7. The number of nitrogens with one attached hydrogen (secondary N) is 1. The molecule has 1 N–H and O–H groups in total. The molecule has 1 aliphatic rings. The summed E-state index contributed by atoms with van der Waals surface area (Å²) in [7, 11) is 0. The van der Waals surface area contributed by atoms with Crippen LogP contribution in [0.4, 0.5) is 5.69 Å². The minimum absolute atomic E-state index is 0.0294. The van der Waals surface area contributed by atoms with Crippen LogP contribution < -0.4 is 10.2 Å². The van der Waals surface area contributed by atoms with E-state index in [1.54, 1.807) is 11.8 Å². The van der Waals surface area contributed by atoms with Crippen LogP contribution in [-0.4, -0.2) is 24.7 Å². The Morgan fingerprint density at radius 1 is 1.18 bits per heavy atom. The third-order valence-corrected chi connectivity index (χ3v) is 6.42. The zero-order valence-electron chi connectivity index (χ0n) is 17.3. The average molecular weight is 397 g/mol. The van der Waals surface area contributed by atoms with Crippen LogP contribution in [0.25, 0.3) is 0 Å². The van der Waals surface area contributed by atoms with Crippen LogP contribution in [0.2, 0.25) is 0 Å². The maximum atomic E-state index is 12.3. The van der Waals surface area contributed by atoms with Crippen molar-refractivity contribution in [3.05, 3.63) is 65.2 Å². The molecular weight excluding hydrogens is 364 g/mol. The summed E-state index contributed by atoms with van der Waals surface area (Å²) in [6, 6.07) is 17.2. The van der Waals surface area contributed by atoms with Gasteiger partial charge >= 0.3 is 0 Å². The molecule has 3 nitrogen and oxygen atoms in total. The molecule has 0 bridgehead atoms. The number of carbonyl (C=O) groups excluding carboxylic acids is 1. The smallest absolute Gasteiger partial charge is 0.230 e. The molecule has 1 aliphatic heterocycles. The van der Waals surface area contributed by atoms with Crippen LogP contribution in [0.5, 0.6) is 0 Å². The second kappa shape index (κ2) is 10.0. The number of benzene rings is 2.